The van der Waals surface area contributed by atoms with Crippen LogP contribution in [0.4, 0.5) is 0 Å². The Bertz CT molecular complexity index is 1820. The van der Waals surface area contributed by atoms with Crippen LogP contribution >= 0.6 is 0 Å². The van der Waals surface area contributed by atoms with Crippen LogP contribution in [0, 0.1) is 80.9 Å². The van der Waals surface area contributed by atoms with Crippen LogP contribution in [0.15, 0.2) is 0 Å². The van der Waals surface area contributed by atoms with Gasteiger partial charge in [-0.25, -0.2) is 0 Å². The minimum absolute atomic E-state index is 0.667. The second-order valence-corrected chi connectivity index (χ2v) is 13.5. The summed E-state index contributed by atoms with van der Waals surface area (Å²) in [5.74, 6) is 0. The topological polar surface area (TPSA) is 636 Å². The van der Waals surface area contributed by atoms with Gasteiger partial charge in [-0.2, -0.15) is 0 Å². The van der Waals surface area contributed by atoms with E-state index in [9.17, 15) is 117 Å². The highest BCUT2D eigenvalue weighted by molar-refractivity contribution is 4.97. The lowest BCUT2D eigenvalue weighted by Crippen LogP contribution is -2.67. The van der Waals surface area contributed by atoms with Gasteiger partial charge in [-0.05, 0) is 0 Å². The third-order valence-electron chi connectivity index (χ3n) is 9.37. The number of aliphatic hydroxyl groups excluding tert-OH is 8. The quantitative estimate of drug-likeness (QED) is 0.0329. The zero-order valence-electron chi connectivity index (χ0n) is 33.8. The summed E-state index contributed by atoms with van der Waals surface area (Å²) < 4.78 is 30.6. The number of aliphatic hydroxyl groups is 8. The Morgan fingerprint density at radius 2 is 0.729 bits per heavy atom. The van der Waals surface area contributed by atoms with Crippen molar-refractivity contribution in [2.75, 3.05) is 26.4 Å². The minimum atomic E-state index is -2.80. The molecule has 4 fully saturated rings. The maximum absolute atomic E-state index is 11.3. The third kappa shape index (κ3) is 15.5. The van der Waals surface area contributed by atoms with Gasteiger partial charge in [0.15, 0.2) is 49.4 Å². The van der Waals surface area contributed by atoms with Crippen LogP contribution in [0.2, 0.25) is 0 Å². The predicted molar refractivity (Wildman–Crippen MR) is 184 cm³/mol. The van der Waals surface area contributed by atoms with Crippen molar-refractivity contribution in [3.05, 3.63) is 80.9 Å². The molecule has 0 radical (unpaired) electrons. The van der Waals surface area contributed by atoms with Gasteiger partial charge in [0.05, 0.1) is 13.2 Å². The number of ether oxygens (including phenoxy) is 6. The van der Waals surface area contributed by atoms with Gasteiger partial charge >= 0.3 is 0 Å². The normalized spacial score (nSPS) is 37.0. The summed E-state index contributed by atoms with van der Waals surface area (Å²) in [4.78, 5) is 122. The highest BCUT2D eigenvalue weighted by Gasteiger charge is 2.59. The second kappa shape index (κ2) is 25.6. The Balaban J connectivity index is 0.000000468. The first-order valence-electron chi connectivity index (χ1n) is 18.3. The smallest absolute Gasteiger partial charge is 0.297 e. The minimum Gasteiger partial charge on any atom is -0.394 e. The van der Waals surface area contributed by atoms with Crippen molar-refractivity contribution >= 4 is 0 Å². The van der Waals surface area contributed by atoms with Crippen molar-refractivity contribution < 1.29 is 149 Å². The summed E-state index contributed by atoms with van der Waals surface area (Å²) >= 11 is 0. The molecule has 4 saturated heterocycles. The van der Waals surface area contributed by atoms with Crippen molar-refractivity contribution in [1.29, 1.82) is 0 Å². The molecule has 0 aliphatic carbocycles. The van der Waals surface area contributed by atoms with E-state index in [0.717, 1.165) is 0 Å². The first-order valence-corrected chi connectivity index (χ1v) is 18.3. The van der Waals surface area contributed by atoms with Crippen molar-refractivity contribution in [2.24, 2.45) is 0 Å². The molecule has 70 heavy (non-hydrogen) atoms. The van der Waals surface area contributed by atoms with E-state index in [1.807, 2.05) is 0 Å². The molecule has 4 aliphatic heterocycles. The molecule has 8 N–H and O–H groups in total. The zero-order valence-corrected chi connectivity index (χ0v) is 33.8. The van der Waals surface area contributed by atoms with E-state index in [0.29, 0.717) is 0 Å². The van der Waals surface area contributed by atoms with Crippen LogP contribution in [-0.4, -0.2) is 231 Å². The van der Waals surface area contributed by atoms with Gasteiger partial charge in [0.25, 0.3) is 40.7 Å². The highest BCUT2D eigenvalue weighted by atomic mass is 17.0. The van der Waals surface area contributed by atoms with Crippen LogP contribution in [0.3, 0.4) is 0 Å². The summed E-state index contributed by atoms with van der Waals surface area (Å²) in [6, 6.07) is 0. The third-order valence-corrected chi connectivity index (χ3v) is 9.37. The predicted octanol–water partition coefficient (Wildman–Crippen LogP) is -9.07. The van der Waals surface area contributed by atoms with Crippen LogP contribution in [0.1, 0.15) is 0 Å². The molecule has 46 nitrogen and oxygen atoms in total. The molecule has 4 rings (SSSR count). The fourth-order valence-corrected chi connectivity index (χ4v) is 6.55. The Hall–Kier alpha value is -6.96. The molecule has 0 amide bonds. The van der Waals surface area contributed by atoms with Crippen molar-refractivity contribution in [2.45, 2.75) is 123 Å². The molecule has 4 heterocycles. The van der Waals surface area contributed by atoms with Gasteiger partial charge in [-0.1, -0.05) is 0 Å². The molecule has 0 aromatic rings. The Morgan fingerprint density at radius 3 is 1.19 bits per heavy atom. The second-order valence-electron chi connectivity index (χ2n) is 13.5. The molecule has 400 valence electrons. The first-order chi connectivity index (χ1) is 32.7. The van der Waals surface area contributed by atoms with Gasteiger partial charge in [0.2, 0.25) is 6.29 Å². The monoisotopic (exact) mass is 1040 g/mol. The standard InChI is InChI=1S/C12H14N8O27.C12H22O11/c21-13(22)37-1-3-5(7(43-16(27)28)10(46-19(33)34)12(40-3)47-20(35)36)41-11-9(45-18(31)32)8(44-17(29)30)6(42-15(25)26)4(39-11)2-38-14(23)24;13-1-3-5(15)6(16)9(19)12(22-3)23-10-4(2-14)21-11(20)8(18)7(10)17/h3-12H,1-2H2;3-20H,1-2H2. The lowest BCUT2D eigenvalue weighted by Gasteiger charge is -2.47. The summed E-state index contributed by atoms with van der Waals surface area (Å²) in [6.45, 7) is -4.30. The molecular weight excluding hydrogens is 1010 g/mol. The van der Waals surface area contributed by atoms with E-state index >= 15 is 0 Å². The van der Waals surface area contributed by atoms with Gasteiger partial charge in [-0.3, -0.25) is 4.84 Å². The van der Waals surface area contributed by atoms with Crippen molar-refractivity contribution in [3.63, 3.8) is 0 Å². The van der Waals surface area contributed by atoms with Crippen LogP contribution in [0.25, 0.3) is 0 Å². The van der Waals surface area contributed by atoms with E-state index in [4.69, 9.17) is 33.5 Å². The number of hydrogen-bond donors (Lipinski definition) is 8. The van der Waals surface area contributed by atoms with Crippen molar-refractivity contribution in [3.8, 4) is 0 Å². The van der Waals surface area contributed by atoms with E-state index in [1.54, 1.807) is 0 Å². The molecule has 0 saturated carbocycles. The van der Waals surface area contributed by atoms with E-state index in [2.05, 4.69) is 38.7 Å². The molecule has 20 atom stereocenters. The Kier molecular flexibility index (Phi) is 21.0. The summed E-state index contributed by atoms with van der Waals surface area (Å²) in [7, 11) is 0. The summed E-state index contributed by atoms with van der Waals surface area (Å²) in [5, 5.41) is 152. The average Bonchev–Trinajstić information content (AvgIpc) is 3.25. The maximum Gasteiger partial charge on any atom is 0.297 e. The molecule has 20 unspecified atom stereocenters. The molecule has 0 aromatic carbocycles. The molecule has 0 aromatic heterocycles. The van der Waals surface area contributed by atoms with E-state index < -0.39 is 190 Å². The van der Waals surface area contributed by atoms with Crippen LogP contribution in [0.5, 0.6) is 0 Å². The maximum atomic E-state index is 11.3. The largest absolute Gasteiger partial charge is 0.394 e. The molecular formula is C24H36N8O38. The fraction of sp³-hybridized carbons (Fsp3) is 1.00. The van der Waals surface area contributed by atoms with Crippen molar-refractivity contribution in [1.82, 2.24) is 0 Å². The molecule has 46 heteroatoms. The lowest BCUT2D eigenvalue weighted by molar-refractivity contribution is -0.832. The van der Waals surface area contributed by atoms with E-state index in [-0.39, 0.29) is 0 Å². The highest BCUT2D eigenvalue weighted by Crippen LogP contribution is 2.36. The van der Waals surface area contributed by atoms with Gasteiger partial charge in [0, 0.05) is 0 Å². The van der Waals surface area contributed by atoms with Gasteiger partial charge < -0.3 is 103 Å². The molecule has 0 spiro atoms. The fourth-order valence-electron chi connectivity index (χ4n) is 6.55. The Morgan fingerprint density at radius 1 is 0.343 bits per heavy atom. The zero-order chi connectivity index (χ0) is 52.9. The number of nitrogens with zero attached hydrogens (tertiary/aromatic N) is 8. The lowest BCUT2D eigenvalue weighted by atomic mass is 9.96. The van der Waals surface area contributed by atoms with Crippen LogP contribution < -0.4 is 0 Å². The van der Waals surface area contributed by atoms with E-state index in [1.165, 1.54) is 0 Å². The average molecular weight is 1040 g/mol. The van der Waals surface area contributed by atoms with Crippen LogP contribution in [-0.2, 0) is 67.1 Å². The molecule has 4 aliphatic rings. The first kappa shape index (κ1) is 57.4. The summed E-state index contributed by atoms with van der Waals surface area (Å²) in [6.07, 6.45) is -42.1. The summed E-state index contributed by atoms with van der Waals surface area (Å²) in [5.41, 5.74) is 0. The molecule has 0 bridgehead atoms. The Labute approximate surface area is 379 Å². The number of hydrogen-bond acceptors (Lipinski definition) is 38. The van der Waals surface area contributed by atoms with Gasteiger partial charge in [-0.15, -0.1) is 80.9 Å². The number of rotatable bonds is 24. The van der Waals surface area contributed by atoms with Gasteiger partial charge in [0.1, 0.15) is 80.4 Å². The SMILES string of the molecule is O=[N+]([O-])OCC1OC(O[N+](=O)[O-])C(O[N+](=O)[O-])C(O[N+](=O)[O-])C1OC1OC(CO[N+](=O)[O-])C(O[N+](=O)[O-])C(O[N+](=O)[O-])C1O[N+](=O)[O-].OCC1OC(OC2C(CO)OC(O)C(O)C2O)C(O)C(O)C1O.